The smallest absolute Gasteiger partial charge is 0.259 e. The van der Waals surface area contributed by atoms with Gasteiger partial charge in [0.25, 0.3) is 5.91 Å². The van der Waals surface area contributed by atoms with Gasteiger partial charge in [-0.15, -0.1) is 0 Å². The van der Waals surface area contributed by atoms with Crippen molar-refractivity contribution in [2.45, 2.75) is 71.1 Å². The van der Waals surface area contributed by atoms with Gasteiger partial charge >= 0.3 is 0 Å². The Morgan fingerprint density at radius 1 is 1.00 bits per heavy atom. The highest BCUT2D eigenvalue weighted by atomic mass is 35.5. The van der Waals surface area contributed by atoms with E-state index in [1.807, 2.05) is 6.07 Å². The summed E-state index contributed by atoms with van der Waals surface area (Å²) in [4.78, 5) is 23.4. The SMILES string of the molecule is CCCCCCCCCCCC(=O)NCC(=O)N/N=C\c1cccc(Cl)c1. The molecular formula is C21H32ClN3O2. The molecule has 0 unspecified atom stereocenters. The fourth-order valence-electron chi connectivity index (χ4n) is 2.67. The summed E-state index contributed by atoms with van der Waals surface area (Å²) >= 11 is 5.87. The predicted molar refractivity (Wildman–Crippen MR) is 112 cm³/mol. The molecule has 1 aromatic rings. The normalized spacial score (nSPS) is 10.9. The van der Waals surface area contributed by atoms with Gasteiger partial charge in [-0.3, -0.25) is 9.59 Å². The Bertz CT molecular complexity index is 591. The number of nitrogens with zero attached hydrogens (tertiary/aromatic N) is 1. The van der Waals surface area contributed by atoms with E-state index in [1.165, 1.54) is 51.2 Å². The summed E-state index contributed by atoms with van der Waals surface area (Å²) in [5.74, 6) is -0.444. The van der Waals surface area contributed by atoms with Crippen LogP contribution in [0.25, 0.3) is 0 Å². The molecule has 0 aliphatic heterocycles. The number of unbranched alkanes of at least 4 members (excludes halogenated alkanes) is 8. The second-order valence-electron chi connectivity index (χ2n) is 6.70. The van der Waals surface area contributed by atoms with Gasteiger partial charge in [-0.1, -0.05) is 82.0 Å². The van der Waals surface area contributed by atoms with E-state index in [0.29, 0.717) is 11.4 Å². The summed E-state index contributed by atoms with van der Waals surface area (Å²) in [5, 5.41) is 7.07. The molecule has 0 saturated heterocycles. The third-order valence-electron chi connectivity index (χ3n) is 4.21. The third-order valence-corrected chi connectivity index (χ3v) is 4.44. The summed E-state index contributed by atoms with van der Waals surface area (Å²) in [7, 11) is 0. The highest BCUT2D eigenvalue weighted by Gasteiger charge is 2.04. The number of amides is 2. The maximum absolute atomic E-state index is 11.7. The average molecular weight is 394 g/mol. The number of hydrogen-bond acceptors (Lipinski definition) is 3. The molecule has 6 heteroatoms. The van der Waals surface area contributed by atoms with E-state index in [-0.39, 0.29) is 18.4 Å². The summed E-state index contributed by atoms with van der Waals surface area (Å²) in [6.07, 6.45) is 12.9. The fraction of sp³-hybridized carbons (Fsp3) is 0.571. The van der Waals surface area contributed by atoms with Crippen LogP contribution in [0.4, 0.5) is 0 Å². The fourth-order valence-corrected chi connectivity index (χ4v) is 2.87. The number of carbonyl (C=O) groups is 2. The lowest BCUT2D eigenvalue weighted by Gasteiger charge is -2.04. The zero-order valence-corrected chi connectivity index (χ0v) is 17.1. The zero-order chi connectivity index (χ0) is 19.7. The van der Waals surface area contributed by atoms with Gasteiger partial charge in [0.15, 0.2) is 0 Å². The minimum atomic E-state index is -0.353. The van der Waals surface area contributed by atoms with Gasteiger partial charge in [-0.05, 0) is 24.1 Å². The number of halogens is 1. The van der Waals surface area contributed by atoms with Crippen LogP contribution in [0.5, 0.6) is 0 Å². The monoisotopic (exact) mass is 393 g/mol. The van der Waals surface area contributed by atoms with Gasteiger partial charge in [0.2, 0.25) is 5.91 Å². The Balaban J connectivity index is 2.01. The Labute approximate surface area is 167 Å². The summed E-state index contributed by atoms with van der Waals surface area (Å²) in [5.41, 5.74) is 3.17. The molecule has 0 aliphatic carbocycles. The second kappa shape index (κ2) is 15.2. The minimum Gasteiger partial charge on any atom is -0.347 e. The van der Waals surface area contributed by atoms with Gasteiger partial charge < -0.3 is 5.32 Å². The number of nitrogens with one attached hydrogen (secondary N) is 2. The second-order valence-corrected chi connectivity index (χ2v) is 7.14. The summed E-state index contributed by atoms with van der Waals surface area (Å²) in [6.45, 7) is 2.16. The molecule has 27 heavy (non-hydrogen) atoms. The standard InChI is InChI=1S/C21H32ClN3O2/c1-2-3-4-5-6-7-8-9-10-14-20(26)23-17-21(27)25-24-16-18-12-11-13-19(22)15-18/h11-13,15-16H,2-10,14,17H2,1H3,(H,23,26)(H,25,27)/b24-16-. The number of rotatable bonds is 14. The van der Waals surface area contributed by atoms with Crippen LogP contribution >= 0.6 is 11.6 Å². The first-order chi connectivity index (χ1) is 13.1. The van der Waals surface area contributed by atoms with E-state index in [9.17, 15) is 9.59 Å². The van der Waals surface area contributed by atoms with Crippen LogP contribution in [-0.4, -0.2) is 24.6 Å². The van der Waals surface area contributed by atoms with Crippen molar-refractivity contribution in [1.82, 2.24) is 10.7 Å². The van der Waals surface area contributed by atoms with Crippen LogP contribution in [0.2, 0.25) is 5.02 Å². The van der Waals surface area contributed by atoms with Crippen LogP contribution in [0.15, 0.2) is 29.4 Å². The van der Waals surface area contributed by atoms with Gasteiger partial charge in [0.05, 0.1) is 12.8 Å². The van der Waals surface area contributed by atoms with Gasteiger partial charge in [-0.2, -0.15) is 5.10 Å². The summed E-state index contributed by atoms with van der Waals surface area (Å²) in [6, 6.07) is 7.14. The molecule has 0 spiro atoms. The van der Waals surface area contributed by atoms with Gasteiger partial charge in [-0.25, -0.2) is 5.43 Å². The van der Waals surface area contributed by atoms with E-state index in [0.717, 1.165) is 18.4 Å². The first-order valence-corrected chi connectivity index (χ1v) is 10.3. The number of hydrogen-bond donors (Lipinski definition) is 2. The molecule has 1 aromatic carbocycles. The molecule has 0 fully saturated rings. The Kier molecular flexibility index (Phi) is 13.0. The molecule has 0 bridgehead atoms. The van der Waals surface area contributed by atoms with E-state index >= 15 is 0 Å². The first kappa shape index (κ1) is 23.2. The van der Waals surface area contributed by atoms with Crippen molar-refractivity contribution in [3.05, 3.63) is 34.9 Å². The molecule has 0 aromatic heterocycles. The molecule has 150 valence electrons. The topological polar surface area (TPSA) is 70.6 Å². The Hall–Kier alpha value is -1.88. The van der Waals surface area contributed by atoms with Crippen molar-refractivity contribution in [2.75, 3.05) is 6.54 Å². The highest BCUT2D eigenvalue weighted by Crippen LogP contribution is 2.10. The molecule has 2 amide bonds. The van der Waals surface area contributed by atoms with Crippen molar-refractivity contribution in [1.29, 1.82) is 0 Å². The molecular weight excluding hydrogens is 362 g/mol. The largest absolute Gasteiger partial charge is 0.347 e. The number of hydrazone groups is 1. The number of carbonyl (C=O) groups excluding carboxylic acids is 2. The molecule has 5 nitrogen and oxygen atoms in total. The lowest BCUT2D eigenvalue weighted by Crippen LogP contribution is -2.34. The van der Waals surface area contributed by atoms with Crippen molar-refractivity contribution in [2.24, 2.45) is 5.10 Å². The van der Waals surface area contributed by atoms with Crippen LogP contribution in [0.1, 0.15) is 76.7 Å². The van der Waals surface area contributed by atoms with Crippen molar-refractivity contribution in [3.8, 4) is 0 Å². The lowest BCUT2D eigenvalue weighted by atomic mass is 10.1. The Morgan fingerprint density at radius 2 is 1.67 bits per heavy atom. The maximum Gasteiger partial charge on any atom is 0.259 e. The van der Waals surface area contributed by atoms with Crippen LogP contribution in [0, 0.1) is 0 Å². The Morgan fingerprint density at radius 3 is 2.33 bits per heavy atom. The van der Waals surface area contributed by atoms with E-state index in [1.54, 1.807) is 18.2 Å². The molecule has 0 atom stereocenters. The molecule has 0 saturated carbocycles. The molecule has 0 heterocycles. The first-order valence-electron chi connectivity index (χ1n) is 9.96. The van der Waals surface area contributed by atoms with Gasteiger partial charge in [0, 0.05) is 11.4 Å². The lowest BCUT2D eigenvalue weighted by molar-refractivity contribution is -0.126. The van der Waals surface area contributed by atoms with Crippen molar-refractivity contribution >= 4 is 29.6 Å². The van der Waals surface area contributed by atoms with Crippen LogP contribution in [-0.2, 0) is 9.59 Å². The third kappa shape index (κ3) is 13.0. The van der Waals surface area contributed by atoms with Crippen molar-refractivity contribution in [3.63, 3.8) is 0 Å². The average Bonchev–Trinajstić information content (AvgIpc) is 2.65. The van der Waals surface area contributed by atoms with E-state index in [2.05, 4.69) is 22.8 Å². The van der Waals surface area contributed by atoms with Crippen molar-refractivity contribution < 1.29 is 9.59 Å². The predicted octanol–water partition coefficient (Wildman–Crippen LogP) is 4.83. The molecule has 1 rings (SSSR count). The molecule has 0 aliphatic rings. The minimum absolute atomic E-state index is 0.0663. The van der Waals surface area contributed by atoms with Gasteiger partial charge in [0.1, 0.15) is 0 Å². The van der Waals surface area contributed by atoms with E-state index < -0.39 is 0 Å². The van der Waals surface area contributed by atoms with Crippen LogP contribution in [0.3, 0.4) is 0 Å². The zero-order valence-electron chi connectivity index (χ0n) is 16.3. The quantitative estimate of drug-likeness (QED) is 0.270. The number of benzene rings is 1. The molecule has 0 radical (unpaired) electrons. The highest BCUT2D eigenvalue weighted by molar-refractivity contribution is 6.30. The maximum atomic E-state index is 11.7. The molecule has 2 N–H and O–H groups in total. The van der Waals surface area contributed by atoms with Crippen LogP contribution < -0.4 is 10.7 Å². The summed E-state index contributed by atoms with van der Waals surface area (Å²) < 4.78 is 0. The van der Waals surface area contributed by atoms with E-state index in [4.69, 9.17) is 11.6 Å².